The van der Waals surface area contributed by atoms with Gasteiger partial charge in [0.2, 0.25) is 0 Å². The van der Waals surface area contributed by atoms with Crippen molar-refractivity contribution in [1.29, 1.82) is 0 Å². The Morgan fingerprint density at radius 2 is 1.79 bits per heavy atom. The van der Waals surface area contributed by atoms with Crippen LogP contribution in [0.4, 0.5) is 5.69 Å². The van der Waals surface area contributed by atoms with Crippen molar-refractivity contribution in [2.75, 3.05) is 4.90 Å². The van der Waals surface area contributed by atoms with E-state index >= 15 is 0 Å². The monoisotopic (exact) mass is 351 g/mol. The van der Waals surface area contributed by atoms with Crippen LogP contribution in [0.15, 0.2) is 71.7 Å². The van der Waals surface area contributed by atoms with Crippen molar-refractivity contribution in [3.05, 3.63) is 82.8 Å². The van der Waals surface area contributed by atoms with Crippen molar-refractivity contribution >= 4 is 46.0 Å². The third-order valence-electron chi connectivity index (χ3n) is 3.73. The van der Waals surface area contributed by atoms with Crippen molar-refractivity contribution in [3.63, 3.8) is 0 Å². The lowest BCUT2D eigenvalue weighted by atomic mass is 10.1. The van der Waals surface area contributed by atoms with Crippen LogP contribution in [0.3, 0.4) is 0 Å². The standard InChI is InChI=1S/C20H17NOS2/c1-2-15-11-13-17(14-12-15)21-19(22)18(24-20(21)23)10-6-9-16-7-4-3-5-8-16/h3-14H,2H2,1H3. The first-order valence-corrected chi connectivity index (χ1v) is 9.00. The maximum absolute atomic E-state index is 12.6. The summed E-state index contributed by atoms with van der Waals surface area (Å²) in [4.78, 5) is 14.9. The van der Waals surface area contributed by atoms with Crippen LogP contribution in [0.2, 0.25) is 0 Å². The molecule has 2 nitrogen and oxygen atoms in total. The number of hydrogen-bond acceptors (Lipinski definition) is 3. The van der Waals surface area contributed by atoms with Crippen LogP contribution in [0.25, 0.3) is 6.08 Å². The number of carbonyl (C=O) groups excluding carboxylic acids is 1. The van der Waals surface area contributed by atoms with Gasteiger partial charge in [-0.1, -0.05) is 85.5 Å². The first-order chi connectivity index (χ1) is 11.7. The molecule has 2 aromatic carbocycles. The molecule has 1 aliphatic rings. The van der Waals surface area contributed by atoms with E-state index in [1.54, 1.807) is 4.90 Å². The van der Waals surface area contributed by atoms with Crippen LogP contribution in [0.1, 0.15) is 18.1 Å². The van der Waals surface area contributed by atoms with Gasteiger partial charge in [0.15, 0.2) is 4.32 Å². The largest absolute Gasteiger partial charge is 0.270 e. The molecule has 1 fully saturated rings. The highest BCUT2D eigenvalue weighted by molar-refractivity contribution is 8.27. The summed E-state index contributed by atoms with van der Waals surface area (Å²) in [5, 5.41) is 0. The van der Waals surface area contributed by atoms with Crippen LogP contribution < -0.4 is 4.90 Å². The molecule has 0 atom stereocenters. The summed E-state index contributed by atoms with van der Waals surface area (Å²) < 4.78 is 0.573. The van der Waals surface area contributed by atoms with Gasteiger partial charge in [0.05, 0.1) is 10.6 Å². The molecule has 2 aromatic rings. The maximum Gasteiger partial charge on any atom is 0.270 e. The first-order valence-electron chi connectivity index (χ1n) is 7.77. The number of carbonyl (C=O) groups is 1. The molecule has 1 aliphatic heterocycles. The van der Waals surface area contributed by atoms with Crippen LogP contribution >= 0.6 is 24.0 Å². The molecule has 0 N–H and O–H groups in total. The normalized spacial score (nSPS) is 16.5. The van der Waals surface area contributed by atoms with Gasteiger partial charge in [-0.3, -0.25) is 9.69 Å². The summed E-state index contributed by atoms with van der Waals surface area (Å²) >= 11 is 6.72. The Morgan fingerprint density at radius 1 is 1.08 bits per heavy atom. The average Bonchev–Trinajstić information content (AvgIpc) is 2.90. The number of benzene rings is 2. The lowest BCUT2D eigenvalue weighted by Crippen LogP contribution is -2.27. The minimum Gasteiger partial charge on any atom is -0.268 e. The topological polar surface area (TPSA) is 20.3 Å². The third kappa shape index (κ3) is 3.66. The summed E-state index contributed by atoms with van der Waals surface area (Å²) in [6, 6.07) is 18.0. The van der Waals surface area contributed by atoms with Gasteiger partial charge in [-0.05, 0) is 35.8 Å². The highest BCUT2D eigenvalue weighted by Crippen LogP contribution is 2.35. The van der Waals surface area contributed by atoms with Crippen LogP contribution in [0.5, 0.6) is 0 Å². The van der Waals surface area contributed by atoms with Crippen molar-refractivity contribution < 1.29 is 4.79 Å². The number of nitrogens with zero attached hydrogens (tertiary/aromatic N) is 1. The van der Waals surface area contributed by atoms with Gasteiger partial charge >= 0.3 is 0 Å². The quantitative estimate of drug-likeness (QED) is 0.557. The van der Waals surface area contributed by atoms with E-state index in [9.17, 15) is 4.79 Å². The molecular formula is C20H17NOS2. The van der Waals surface area contributed by atoms with Crippen molar-refractivity contribution in [3.8, 4) is 0 Å². The fourth-order valence-corrected chi connectivity index (χ4v) is 3.65. The molecular weight excluding hydrogens is 334 g/mol. The van der Waals surface area contributed by atoms with E-state index in [1.807, 2.05) is 72.8 Å². The number of thioether (sulfide) groups is 1. The van der Waals surface area contributed by atoms with Gasteiger partial charge in [-0.15, -0.1) is 0 Å². The number of anilines is 1. The van der Waals surface area contributed by atoms with Gasteiger partial charge < -0.3 is 0 Å². The lowest BCUT2D eigenvalue weighted by Gasteiger charge is -2.14. The number of amides is 1. The summed E-state index contributed by atoms with van der Waals surface area (Å²) in [6.07, 6.45) is 6.67. The summed E-state index contributed by atoms with van der Waals surface area (Å²) in [6.45, 7) is 2.11. The van der Waals surface area contributed by atoms with E-state index in [4.69, 9.17) is 12.2 Å². The van der Waals surface area contributed by atoms with Gasteiger partial charge in [0.1, 0.15) is 0 Å². The van der Waals surface area contributed by atoms with Crippen molar-refractivity contribution in [2.45, 2.75) is 13.3 Å². The molecule has 0 unspecified atom stereocenters. The minimum atomic E-state index is -0.0630. The smallest absolute Gasteiger partial charge is 0.268 e. The van der Waals surface area contributed by atoms with Gasteiger partial charge in [0, 0.05) is 0 Å². The van der Waals surface area contributed by atoms with Gasteiger partial charge in [-0.2, -0.15) is 0 Å². The number of allylic oxidation sites excluding steroid dienone is 2. The first kappa shape index (κ1) is 16.7. The highest BCUT2D eigenvalue weighted by atomic mass is 32.2. The Kier molecular flexibility index (Phi) is 5.28. The fraction of sp³-hybridized carbons (Fsp3) is 0.100. The van der Waals surface area contributed by atoms with Gasteiger partial charge in [-0.25, -0.2) is 0 Å². The van der Waals surface area contributed by atoms with Crippen LogP contribution in [-0.2, 0) is 11.2 Å². The van der Waals surface area contributed by atoms with E-state index in [0.29, 0.717) is 9.23 Å². The molecule has 0 spiro atoms. The zero-order valence-electron chi connectivity index (χ0n) is 13.3. The molecule has 0 aliphatic carbocycles. The third-order valence-corrected chi connectivity index (χ3v) is 5.05. The summed E-state index contributed by atoms with van der Waals surface area (Å²) in [5.41, 5.74) is 3.16. The number of aryl methyl sites for hydroxylation is 1. The average molecular weight is 351 g/mol. The lowest BCUT2D eigenvalue weighted by molar-refractivity contribution is -0.113. The zero-order valence-corrected chi connectivity index (χ0v) is 14.9. The predicted molar refractivity (Wildman–Crippen MR) is 107 cm³/mol. The molecule has 0 saturated carbocycles. The van der Waals surface area contributed by atoms with E-state index in [-0.39, 0.29) is 5.91 Å². The minimum absolute atomic E-state index is 0.0630. The fourth-order valence-electron chi connectivity index (χ4n) is 2.40. The van der Waals surface area contributed by atoms with E-state index in [1.165, 1.54) is 17.3 Å². The second-order valence-corrected chi connectivity index (χ2v) is 7.01. The molecule has 1 saturated heterocycles. The Bertz CT molecular complexity index is 807. The second-order valence-electron chi connectivity index (χ2n) is 5.33. The van der Waals surface area contributed by atoms with E-state index in [2.05, 4.69) is 6.92 Å². The SMILES string of the molecule is CCc1ccc(N2C(=O)C(=CC=Cc3ccccc3)SC2=S)cc1. The molecule has 0 bridgehead atoms. The molecule has 3 rings (SSSR count). The molecule has 120 valence electrons. The molecule has 1 heterocycles. The molecule has 4 heteroatoms. The van der Waals surface area contributed by atoms with Crippen LogP contribution in [-0.4, -0.2) is 10.2 Å². The molecule has 0 aromatic heterocycles. The summed E-state index contributed by atoms with van der Waals surface area (Å²) in [7, 11) is 0. The maximum atomic E-state index is 12.6. The Labute approximate surface area is 151 Å². The molecule has 1 amide bonds. The number of rotatable bonds is 4. The van der Waals surface area contributed by atoms with Crippen molar-refractivity contribution in [1.82, 2.24) is 0 Å². The van der Waals surface area contributed by atoms with E-state index in [0.717, 1.165) is 17.7 Å². The highest BCUT2D eigenvalue weighted by Gasteiger charge is 2.32. The predicted octanol–water partition coefficient (Wildman–Crippen LogP) is 5.21. The van der Waals surface area contributed by atoms with Crippen molar-refractivity contribution in [2.24, 2.45) is 0 Å². The van der Waals surface area contributed by atoms with E-state index < -0.39 is 0 Å². The zero-order chi connectivity index (χ0) is 16.9. The number of hydrogen-bond donors (Lipinski definition) is 0. The Balaban J connectivity index is 1.78. The Morgan fingerprint density at radius 3 is 2.46 bits per heavy atom. The Hall–Kier alpha value is -2.17. The second kappa shape index (κ2) is 7.60. The van der Waals surface area contributed by atoms with Gasteiger partial charge in [0.25, 0.3) is 5.91 Å². The number of thiocarbonyl (C=S) groups is 1. The van der Waals surface area contributed by atoms with Crippen LogP contribution in [0, 0.1) is 0 Å². The molecule has 24 heavy (non-hydrogen) atoms. The summed E-state index contributed by atoms with van der Waals surface area (Å²) in [5.74, 6) is -0.0630. The molecule has 0 radical (unpaired) electrons.